The Hall–Kier alpha value is -2.25. The topological polar surface area (TPSA) is 75.7 Å². The van der Waals surface area contributed by atoms with Crippen molar-refractivity contribution in [3.8, 4) is 5.75 Å². The van der Waals surface area contributed by atoms with Gasteiger partial charge >= 0.3 is 0 Å². The molecule has 8 heteroatoms. The van der Waals surface area contributed by atoms with Crippen molar-refractivity contribution in [3.63, 3.8) is 0 Å². The predicted octanol–water partition coefficient (Wildman–Crippen LogP) is 3.84. The molecule has 6 nitrogen and oxygen atoms in total. The molecule has 0 saturated heterocycles. The van der Waals surface area contributed by atoms with Crippen molar-refractivity contribution >= 4 is 38.9 Å². The number of sulfonamides is 1. The number of ether oxygens (including phenoxy) is 1. The van der Waals surface area contributed by atoms with Crippen molar-refractivity contribution in [2.24, 2.45) is 0 Å². The molecule has 2 rings (SSSR count). The van der Waals surface area contributed by atoms with Gasteiger partial charge in [0.2, 0.25) is 15.9 Å². The second-order valence-electron chi connectivity index (χ2n) is 6.07. The maximum Gasteiger partial charge on any atom is 0.232 e. The van der Waals surface area contributed by atoms with E-state index < -0.39 is 10.0 Å². The van der Waals surface area contributed by atoms with Crippen LogP contribution in [0.1, 0.15) is 18.4 Å². The summed E-state index contributed by atoms with van der Waals surface area (Å²) in [6, 6.07) is 12.2. The molecule has 1 amide bonds. The number of nitrogens with one attached hydrogen (secondary N) is 1. The number of methoxy groups -OCH3 is 1. The number of para-hydroxylation sites is 2. The van der Waals surface area contributed by atoms with E-state index in [1.54, 1.807) is 42.5 Å². The van der Waals surface area contributed by atoms with Crippen LogP contribution in [0.4, 0.5) is 11.4 Å². The van der Waals surface area contributed by atoms with Gasteiger partial charge in [0.1, 0.15) is 5.75 Å². The van der Waals surface area contributed by atoms with E-state index in [1.807, 2.05) is 6.92 Å². The molecule has 0 aromatic heterocycles. The van der Waals surface area contributed by atoms with Gasteiger partial charge in [-0.1, -0.05) is 29.8 Å². The van der Waals surface area contributed by atoms with E-state index in [0.29, 0.717) is 28.6 Å². The number of benzene rings is 2. The number of carbonyl (C=O) groups is 1. The van der Waals surface area contributed by atoms with Gasteiger partial charge in [0.05, 0.1) is 19.1 Å². The van der Waals surface area contributed by atoms with Crippen LogP contribution < -0.4 is 14.4 Å². The molecule has 0 fully saturated rings. The molecular weight excluding hydrogens is 388 g/mol. The van der Waals surface area contributed by atoms with E-state index in [0.717, 1.165) is 11.8 Å². The van der Waals surface area contributed by atoms with Crippen LogP contribution in [0.3, 0.4) is 0 Å². The quantitative estimate of drug-likeness (QED) is 0.717. The molecule has 0 unspecified atom stereocenters. The Morgan fingerprint density at radius 1 is 1.19 bits per heavy atom. The number of nitrogens with zero attached hydrogens (tertiary/aromatic N) is 1. The average Bonchev–Trinajstić information content (AvgIpc) is 2.61. The first-order valence-corrected chi connectivity index (χ1v) is 10.6. The van der Waals surface area contributed by atoms with E-state index in [4.69, 9.17) is 16.3 Å². The summed E-state index contributed by atoms with van der Waals surface area (Å²) in [4.78, 5) is 12.2. The average molecular weight is 411 g/mol. The molecule has 0 saturated carbocycles. The number of amides is 1. The Morgan fingerprint density at radius 3 is 2.56 bits per heavy atom. The molecule has 27 heavy (non-hydrogen) atoms. The van der Waals surface area contributed by atoms with Gasteiger partial charge in [-0.3, -0.25) is 9.10 Å². The number of hydrogen-bond donors (Lipinski definition) is 1. The first-order chi connectivity index (χ1) is 12.7. The number of carbonyl (C=O) groups excluding carboxylic acids is 1. The maximum atomic E-state index is 12.2. The molecule has 0 spiro atoms. The molecule has 0 heterocycles. The minimum absolute atomic E-state index is 0.168. The van der Waals surface area contributed by atoms with Crippen LogP contribution in [-0.2, 0) is 14.8 Å². The van der Waals surface area contributed by atoms with Gasteiger partial charge in [-0.15, -0.1) is 0 Å². The number of rotatable bonds is 8. The summed E-state index contributed by atoms with van der Waals surface area (Å²) in [5.41, 5.74) is 1.89. The fraction of sp³-hybridized carbons (Fsp3) is 0.316. The van der Waals surface area contributed by atoms with Crippen molar-refractivity contribution in [1.29, 1.82) is 0 Å². The molecular formula is C19H23ClN2O4S. The summed E-state index contributed by atoms with van der Waals surface area (Å²) in [7, 11) is -2.03. The summed E-state index contributed by atoms with van der Waals surface area (Å²) in [6.45, 7) is 1.99. The lowest BCUT2D eigenvalue weighted by molar-refractivity contribution is -0.116. The molecule has 2 aromatic rings. The fourth-order valence-electron chi connectivity index (χ4n) is 2.64. The second-order valence-corrected chi connectivity index (χ2v) is 8.39. The van der Waals surface area contributed by atoms with Crippen molar-refractivity contribution in [2.45, 2.75) is 19.8 Å². The highest BCUT2D eigenvalue weighted by molar-refractivity contribution is 7.92. The summed E-state index contributed by atoms with van der Waals surface area (Å²) < 4.78 is 30.9. The molecule has 0 bridgehead atoms. The van der Waals surface area contributed by atoms with Gasteiger partial charge in [0, 0.05) is 23.7 Å². The Labute approximate surface area is 165 Å². The van der Waals surface area contributed by atoms with Crippen LogP contribution in [-0.4, -0.2) is 34.2 Å². The maximum absolute atomic E-state index is 12.2. The van der Waals surface area contributed by atoms with Gasteiger partial charge in [0.25, 0.3) is 0 Å². The first-order valence-electron chi connectivity index (χ1n) is 8.39. The Balaban J connectivity index is 2.04. The van der Waals surface area contributed by atoms with Crippen LogP contribution in [0.2, 0.25) is 5.02 Å². The molecule has 2 aromatic carbocycles. The van der Waals surface area contributed by atoms with Crippen molar-refractivity contribution < 1.29 is 17.9 Å². The zero-order valence-corrected chi connectivity index (χ0v) is 17.1. The Morgan fingerprint density at radius 2 is 1.89 bits per heavy atom. The van der Waals surface area contributed by atoms with E-state index in [2.05, 4.69) is 5.32 Å². The Kier molecular flexibility index (Phi) is 7.10. The molecule has 0 aliphatic heterocycles. The molecule has 0 radical (unpaired) electrons. The largest absolute Gasteiger partial charge is 0.495 e. The minimum atomic E-state index is -3.52. The molecule has 1 N–H and O–H groups in total. The van der Waals surface area contributed by atoms with E-state index in [1.165, 1.54) is 11.4 Å². The number of halogens is 1. The third-order valence-corrected chi connectivity index (χ3v) is 5.65. The van der Waals surface area contributed by atoms with Gasteiger partial charge in [0.15, 0.2) is 0 Å². The SMILES string of the molecule is COc1ccccc1N(CCCC(=O)Nc1cccc(Cl)c1C)S(C)(=O)=O. The summed E-state index contributed by atoms with van der Waals surface area (Å²) in [5.74, 6) is 0.260. The van der Waals surface area contributed by atoms with Crippen molar-refractivity contribution in [1.82, 2.24) is 0 Å². The zero-order chi connectivity index (χ0) is 20.0. The Bertz CT molecular complexity index is 916. The monoisotopic (exact) mass is 410 g/mol. The molecule has 0 aliphatic rings. The highest BCUT2D eigenvalue weighted by atomic mass is 35.5. The normalized spacial score (nSPS) is 11.1. The number of hydrogen-bond acceptors (Lipinski definition) is 4. The lowest BCUT2D eigenvalue weighted by Gasteiger charge is -2.24. The zero-order valence-electron chi connectivity index (χ0n) is 15.5. The van der Waals surface area contributed by atoms with Crippen LogP contribution >= 0.6 is 11.6 Å². The van der Waals surface area contributed by atoms with Gasteiger partial charge in [-0.2, -0.15) is 0 Å². The summed E-state index contributed by atoms with van der Waals surface area (Å²) in [6.07, 6.45) is 1.67. The number of anilines is 2. The summed E-state index contributed by atoms with van der Waals surface area (Å²) >= 11 is 6.05. The second kappa shape index (κ2) is 9.10. The molecule has 0 atom stereocenters. The third kappa shape index (κ3) is 5.61. The lowest BCUT2D eigenvalue weighted by Crippen LogP contribution is -2.31. The highest BCUT2D eigenvalue weighted by Crippen LogP contribution is 2.29. The van der Waals surface area contributed by atoms with Crippen LogP contribution in [0.5, 0.6) is 5.75 Å². The third-order valence-electron chi connectivity index (χ3n) is 4.06. The standard InChI is InChI=1S/C19H23ClN2O4S/c1-14-15(20)8-6-9-16(14)21-19(23)12-7-13-22(27(3,24)25)17-10-4-5-11-18(17)26-2/h4-6,8-11H,7,12-13H2,1-3H3,(H,21,23). The van der Waals surface area contributed by atoms with Crippen molar-refractivity contribution in [2.75, 3.05) is 29.5 Å². The summed E-state index contributed by atoms with van der Waals surface area (Å²) in [5, 5.41) is 3.39. The molecule has 0 aliphatic carbocycles. The van der Waals surface area contributed by atoms with Crippen LogP contribution in [0, 0.1) is 6.92 Å². The van der Waals surface area contributed by atoms with Gasteiger partial charge < -0.3 is 10.1 Å². The first kappa shape index (κ1) is 21.1. The highest BCUT2D eigenvalue weighted by Gasteiger charge is 2.21. The minimum Gasteiger partial charge on any atom is -0.495 e. The van der Waals surface area contributed by atoms with Gasteiger partial charge in [-0.05, 0) is 43.2 Å². The fourth-order valence-corrected chi connectivity index (χ4v) is 3.78. The lowest BCUT2D eigenvalue weighted by atomic mass is 10.2. The smallest absolute Gasteiger partial charge is 0.232 e. The molecule has 146 valence electrons. The van der Waals surface area contributed by atoms with E-state index in [9.17, 15) is 13.2 Å². The van der Waals surface area contributed by atoms with Crippen LogP contribution in [0.15, 0.2) is 42.5 Å². The van der Waals surface area contributed by atoms with Crippen molar-refractivity contribution in [3.05, 3.63) is 53.1 Å². The van der Waals surface area contributed by atoms with E-state index >= 15 is 0 Å². The van der Waals surface area contributed by atoms with Crippen LogP contribution in [0.25, 0.3) is 0 Å². The predicted molar refractivity (Wildman–Crippen MR) is 109 cm³/mol. The van der Waals surface area contributed by atoms with Gasteiger partial charge in [-0.25, -0.2) is 8.42 Å². The van der Waals surface area contributed by atoms with E-state index in [-0.39, 0.29) is 18.9 Å².